The molecule has 3 aromatic rings. The van der Waals surface area contributed by atoms with Crippen LogP contribution in [-0.2, 0) is 6.54 Å². The molecule has 0 saturated heterocycles. The molecule has 0 bridgehead atoms. The molecule has 0 saturated carbocycles. The van der Waals surface area contributed by atoms with Gasteiger partial charge in [-0.2, -0.15) is 0 Å². The SMILES string of the molecule is Cc1cccc(C)c1Cn1cnc2ccc(N)cc2c1=O. The van der Waals surface area contributed by atoms with E-state index >= 15 is 0 Å². The molecule has 1 heterocycles. The lowest BCUT2D eigenvalue weighted by atomic mass is 10.0. The standard InChI is InChI=1S/C17H17N3O/c1-11-4-3-5-12(2)15(11)9-20-10-19-16-7-6-13(18)8-14(16)17(20)21/h3-8,10H,9,18H2,1-2H3. The predicted molar refractivity (Wildman–Crippen MR) is 85.4 cm³/mol. The highest BCUT2D eigenvalue weighted by molar-refractivity contribution is 5.80. The summed E-state index contributed by atoms with van der Waals surface area (Å²) in [5.74, 6) is 0. The molecule has 106 valence electrons. The van der Waals surface area contributed by atoms with Gasteiger partial charge in [-0.3, -0.25) is 9.36 Å². The average Bonchev–Trinajstić information content (AvgIpc) is 2.46. The third-order valence-electron chi connectivity index (χ3n) is 3.82. The Morgan fingerprint density at radius 1 is 1.14 bits per heavy atom. The number of hydrogen-bond acceptors (Lipinski definition) is 3. The zero-order chi connectivity index (χ0) is 15.0. The Hall–Kier alpha value is -2.62. The van der Waals surface area contributed by atoms with Crippen molar-refractivity contribution < 1.29 is 0 Å². The van der Waals surface area contributed by atoms with Crippen LogP contribution in [0.25, 0.3) is 10.9 Å². The molecule has 0 spiro atoms. The molecule has 0 amide bonds. The van der Waals surface area contributed by atoms with Gasteiger partial charge in [0.15, 0.2) is 0 Å². The van der Waals surface area contributed by atoms with E-state index in [0.717, 1.165) is 5.56 Å². The van der Waals surface area contributed by atoms with Crippen molar-refractivity contribution in [2.75, 3.05) is 5.73 Å². The molecule has 1 aromatic heterocycles. The summed E-state index contributed by atoms with van der Waals surface area (Å²) in [6, 6.07) is 11.3. The molecule has 4 nitrogen and oxygen atoms in total. The Morgan fingerprint density at radius 2 is 1.86 bits per heavy atom. The van der Waals surface area contributed by atoms with Gasteiger partial charge in [0.2, 0.25) is 0 Å². The van der Waals surface area contributed by atoms with Gasteiger partial charge in [0.1, 0.15) is 0 Å². The molecule has 0 radical (unpaired) electrons. The van der Waals surface area contributed by atoms with Gasteiger partial charge in [-0.15, -0.1) is 0 Å². The van der Waals surface area contributed by atoms with Gasteiger partial charge in [-0.05, 0) is 48.7 Å². The van der Waals surface area contributed by atoms with Crippen molar-refractivity contribution in [2.45, 2.75) is 20.4 Å². The van der Waals surface area contributed by atoms with E-state index in [4.69, 9.17) is 5.73 Å². The zero-order valence-electron chi connectivity index (χ0n) is 12.1. The minimum absolute atomic E-state index is 0.0602. The van der Waals surface area contributed by atoms with Crippen LogP contribution in [0.4, 0.5) is 5.69 Å². The van der Waals surface area contributed by atoms with Gasteiger partial charge in [0.05, 0.1) is 23.8 Å². The maximum atomic E-state index is 12.6. The minimum atomic E-state index is -0.0602. The van der Waals surface area contributed by atoms with E-state index in [1.54, 1.807) is 29.1 Å². The Labute approximate surface area is 122 Å². The number of nitrogens with zero attached hydrogens (tertiary/aromatic N) is 2. The van der Waals surface area contributed by atoms with Crippen molar-refractivity contribution in [2.24, 2.45) is 0 Å². The van der Waals surface area contributed by atoms with Crippen LogP contribution in [0.5, 0.6) is 0 Å². The topological polar surface area (TPSA) is 60.9 Å². The number of anilines is 1. The van der Waals surface area contributed by atoms with Crippen LogP contribution in [-0.4, -0.2) is 9.55 Å². The van der Waals surface area contributed by atoms with E-state index in [1.165, 1.54) is 11.1 Å². The number of aromatic nitrogens is 2. The molecule has 0 aliphatic carbocycles. The van der Waals surface area contributed by atoms with Crippen molar-refractivity contribution in [3.63, 3.8) is 0 Å². The Kier molecular flexibility index (Phi) is 3.22. The van der Waals surface area contributed by atoms with Crippen molar-refractivity contribution in [1.82, 2.24) is 9.55 Å². The fraction of sp³-hybridized carbons (Fsp3) is 0.176. The molecule has 3 rings (SSSR count). The number of hydrogen-bond donors (Lipinski definition) is 1. The summed E-state index contributed by atoms with van der Waals surface area (Å²) in [6.45, 7) is 4.63. The van der Waals surface area contributed by atoms with Crippen LogP contribution in [0.1, 0.15) is 16.7 Å². The van der Waals surface area contributed by atoms with Crippen molar-refractivity contribution in [3.8, 4) is 0 Å². The first-order valence-corrected chi connectivity index (χ1v) is 6.86. The first kappa shape index (κ1) is 13.4. The lowest BCUT2D eigenvalue weighted by molar-refractivity contribution is 0.740. The summed E-state index contributed by atoms with van der Waals surface area (Å²) in [5, 5.41) is 0.559. The van der Waals surface area contributed by atoms with E-state index in [0.29, 0.717) is 23.1 Å². The summed E-state index contributed by atoms with van der Waals surface area (Å²) in [5.41, 5.74) is 10.5. The first-order valence-electron chi connectivity index (χ1n) is 6.86. The van der Waals surface area contributed by atoms with Crippen LogP contribution in [0.2, 0.25) is 0 Å². The molecule has 0 atom stereocenters. The monoisotopic (exact) mass is 279 g/mol. The van der Waals surface area contributed by atoms with Crippen LogP contribution in [0.3, 0.4) is 0 Å². The van der Waals surface area contributed by atoms with Crippen LogP contribution in [0, 0.1) is 13.8 Å². The normalized spacial score (nSPS) is 11.0. The Bertz CT molecular complexity index is 861. The molecule has 2 aromatic carbocycles. The summed E-state index contributed by atoms with van der Waals surface area (Å²) >= 11 is 0. The van der Waals surface area contributed by atoms with Gasteiger partial charge in [-0.1, -0.05) is 18.2 Å². The quantitative estimate of drug-likeness (QED) is 0.734. The van der Waals surface area contributed by atoms with Crippen LogP contribution in [0.15, 0.2) is 47.5 Å². The summed E-state index contributed by atoms with van der Waals surface area (Å²) in [4.78, 5) is 16.9. The fourth-order valence-corrected chi connectivity index (χ4v) is 2.56. The Morgan fingerprint density at radius 3 is 2.57 bits per heavy atom. The maximum absolute atomic E-state index is 12.6. The molecule has 0 unspecified atom stereocenters. The van der Waals surface area contributed by atoms with Crippen molar-refractivity contribution in [3.05, 3.63) is 69.8 Å². The lowest BCUT2D eigenvalue weighted by Gasteiger charge is -2.12. The second-order valence-electron chi connectivity index (χ2n) is 5.32. The maximum Gasteiger partial charge on any atom is 0.261 e. The molecular weight excluding hydrogens is 262 g/mol. The van der Waals surface area contributed by atoms with Gasteiger partial charge in [0.25, 0.3) is 5.56 Å². The second-order valence-corrected chi connectivity index (χ2v) is 5.32. The van der Waals surface area contributed by atoms with Gasteiger partial charge < -0.3 is 5.73 Å². The highest BCUT2D eigenvalue weighted by Crippen LogP contribution is 2.15. The highest BCUT2D eigenvalue weighted by Gasteiger charge is 2.08. The number of nitrogen functional groups attached to an aromatic ring is 1. The first-order chi connectivity index (χ1) is 10.1. The number of fused-ring (bicyclic) bond motifs is 1. The number of nitrogens with two attached hydrogens (primary N) is 1. The van der Waals surface area contributed by atoms with Crippen LogP contribution < -0.4 is 11.3 Å². The summed E-state index contributed by atoms with van der Waals surface area (Å²) in [6.07, 6.45) is 1.60. The zero-order valence-corrected chi connectivity index (χ0v) is 12.1. The number of benzene rings is 2. The molecule has 2 N–H and O–H groups in total. The van der Waals surface area contributed by atoms with Gasteiger partial charge in [0, 0.05) is 5.69 Å². The molecular formula is C17H17N3O. The third kappa shape index (κ3) is 2.40. The molecule has 0 aliphatic rings. The second kappa shape index (κ2) is 5.05. The van der Waals surface area contributed by atoms with E-state index in [9.17, 15) is 4.79 Å². The average molecular weight is 279 g/mol. The van der Waals surface area contributed by atoms with E-state index in [1.807, 2.05) is 6.07 Å². The highest BCUT2D eigenvalue weighted by atomic mass is 16.1. The van der Waals surface area contributed by atoms with E-state index < -0.39 is 0 Å². The minimum Gasteiger partial charge on any atom is -0.399 e. The fourth-order valence-electron chi connectivity index (χ4n) is 2.56. The van der Waals surface area contributed by atoms with Crippen molar-refractivity contribution >= 4 is 16.6 Å². The van der Waals surface area contributed by atoms with Gasteiger partial charge in [-0.25, -0.2) is 4.98 Å². The molecule has 21 heavy (non-hydrogen) atoms. The van der Waals surface area contributed by atoms with Crippen molar-refractivity contribution in [1.29, 1.82) is 0 Å². The third-order valence-corrected chi connectivity index (χ3v) is 3.82. The van der Waals surface area contributed by atoms with Crippen LogP contribution >= 0.6 is 0 Å². The predicted octanol–water partition coefficient (Wildman–Crippen LogP) is 2.64. The smallest absolute Gasteiger partial charge is 0.261 e. The summed E-state index contributed by atoms with van der Waals surface area (Å²) < 4.78 is 1.64. The Balaban J connectivity index is 2.14. The number of aryl methyl sites for hydroxylation is 2. The molecule has 0 aliphatic heterocycles. The largest absolute Gasteiger partial charge is 0.399 e. The van der Waals surface area contributed by atoms with E-state index in [2.05, 4.69) is 31.0 Å². The van der Waals surface area contributed by atoms with Gasteiger partial charge >= 0.3 is 0 Å². The van der Waals surface area contributed by atoms with E-state index in [-0.39, 0.29) is 5.56 Å². The molecule has 0 fully saturated rings. The summed E-state index contributed by atoms with van der Waals surface area (Å²) in [7, 11) is 0. The number of rotatable bonds is 2. The lowest BCUT2D eigenvalue weighted by Crippen LogP contribution is -2.22. The molecule has 4 heteroatoms.